The molecule has 0 bridgehead atoms. The summed E-state index contributed by atoms with van der Waals surface area (Å²) in [7, 11) is 0. The first-order valence-corrected chi connectivity index (χ1v) is 10.3. The maximum absolute atomic E-state index is 12.9. The topological polar surface area (TPSA) is 65.5 Å². The molecule has 6 heteroatoms. The summed E-state index contributed by atoms with van der Waals surface area (Å²) in [5.41, 5.74) is 3.99. The number of anilines is 1. The zero-order valence-electron chi connectivity index (χ0n) is 17.3. The van der Waals surface area contributed by atoms with Gasteiger partial charge in [-0.15, -0.1) is 0 Å². The van der Waals surface area contributed by atoms with Crippen LogP contribution in [0.3, 0.4) is 0 Å². The molecule has 1 aromatic heterocycles. The number of nitrogens with zero attached hydrogens (tertiary/aromatic N) is 3. The number of nitrogens with one attached hydrogen (secondary N) is 1. The number of carbonyl (C=O) groups excluding carboxylic acids is 2. The second kappa shape index (κ2) is 7.85. The predicted molar refractivity (Wildman–Crippen MR) is 113 cm³/mol. The van der Waals surface area contributed by atoms with Gasteiger partial charge in [0.05, 0.1) is 5.92 Å². The summed E-state index contributed by atoms with van der Waals surface area (Å²) in [6.07, 6.45) is 2.70. The Hall–Kier alpha value is -2.89. The Kier molecular flexibility index (Phi) is 5.26. The van der Waals surface area contributed by atoms with E-state index in [0.29, 0.717) is 18.7 Å². The summed E-state index contributed by atoms with van der Waals surface area (Å²) in [5, 5.41) is 2.96. The molecule has 152 valence electrons. The van der Waals surface area contributed by atoms with Crippen LogP contribution in [0.4, 0.5) is 5.82 Å². The second-order valence-corrected chi connectivity index (χ2v) is 8.25. The van der Waals surface area contributed by atoms with Crippen molar-refractivity contribution in [2.75, 3.05) is 31.1 Å². The molecule has 29 heavy (non-hydrogen) atoms. The van der Waals surface area contributed by atoms with Crippen molar-refractivity contribution in [1.82, 2.24) is 15.2 Å². The van der Waals surface area contributed by atoms with E-state index in [1.54, 1.807) is 0 Å². The van der Waals surface area contributed by atoms with E-state index in [-0.39, 0.29) is 23.8 Å². The number of amides is 2. The van der Waals surface area contributed by atoms with E-state index in [1.165, 1.54) is 5.56 Å². The fourth-order valence-corrected chi connectivity index (χ4v) is 4.35. The molecule has 4 rings (SSSR count). The molecular weight excluding hydrogens is 364 g/mol. The Morgan fingerprint density at radius 2 is 1.79 bits per heavy atom. The van der Waals surface area contributed by atoms with Crippen molar-refractivity contribution in [2.24, 2.45) is 0 Å². The molecule has 0 spiro atoms. The number of aryl methyl sites for hydroxylation is 2. The Morgan fingerprint density at radius 3 is 2.38 bits per heavy atom. The highest BCUT2D eigenvalue weighted by atomic mass is 16.2. The van der Waals surface area contributed by atoms with Gasteiger partial charge in [-0.3, -0.25) is 9.59 Å². The summed E-state index contributed by atoms with van der Waals surface area (Å²) >= 11 is 0. The Labute approximate surface area is 171 Å². The SMILES string of the molecule is Cc1cnc(N2CCN(C(=O)c3ccc([C@@H]4CC(C)NC4=O)cc3)CC2)c(C)c1. The van der Waals surface area contributed by atoms with Crippen LogP contribution >= 0.6 is 0 Å². The largest absolute Gasteiger partial charge is 0.353 e. The molecule has 0 aliphatic carbocycles. The summed E-state index contributed by atoms with van der Waals surface area (Å²) < 4.78 is 0. The average Bonchev–Trinajstić information content (AvgIpc) is 3.06. The van der Waals surface area contributed by atoms with Gasteiger partial charge in [-0.05, 0) is 56.0 Å². The molecule has 2 aromatic rings. The first kappa shape index (κ1) is 19.4. The van der Waals surface area contributed by atoms with Crippen molar-refractivity contribution in [3.8, 4) is 0 Å². The zero-order chi connectivity index (χ0) is 20.5. The van der Waals surface area contributed by atoms with Gasteiger partial charge >= 0.3 is 0 Å². The van der Waals surface area contributed by atoms with E-state index in [2.05, 4.69) is 28.2 Å². The quantitative estimate of drug-likeness (QED) is 0.872. The molecule has 2 saturated heterocycles. The van der Waals surface area contributed by atoms with Gasteiger partial charge in [0.25, 0.3) is 5.91 Å². The molecule has 2 aliphatic rings. The van der Waals surface area contributed by atoms with Crippen molar-refractivity contribution in [3.63, 3.8) is 0 Å². The molecule has 2 aliphatic heterocycles. The predicted octanol–water partition coefficient (Wildman–Crippen LogP) is 2.65. The van der Waals surface area contributed by atoms with Crippen LogP contribution in [0, 0.1) is 13.8 Å². The molecule has 1 N–H and O–H groups in total. The van der Waals surface area contributed by atoms with Crippen molar-refractivity contribution in [1.29, 1.82) is 0 Å². The summed E-state index contributed by atoms with van der Waals surface area (Å²) in [5.74, 6) is 1.03. The molecule has 0 saturated carbocycles. The lowest BCUT2D eigenvalue weighted by atomic mass is 9.95. The number of carbonyl (C=O) groups is 2. The minimum Gasteiger partial charge on any atom is -0.353 e. The average molecular weight is 393 g/mol. The first-order chi connectivity index (χ1) is 13.9. The third kappa shape index (κ3) is 3.97. The maximum atomic E-state index is 12.9. The van der Waals surface area contributed by atoms with Gasteiger partial charge in [0.1, 0.15) is 5.82 Å². The Bertz CT molecular complexity index is 917. The van der Waals surface area contributed by atoms with Crippen LogP contribution in [0.25, 0.3) is 0 Å². The molecule has 6 nitrogen and oxygen atoms in total. The lowest BCUT2D eigenvalue weighted by Crippen LogP contribution is -2.49. The van der Waals surface area contributed by atoms with Crippen LogP contribution in [0.1, 0.15) is 46.3 Å². The number of pyridine rings is 1. The molecule has 3 heterocycles. The van der Waals surface area contributed by atoms with Gasteiger partial charge in [0, 0.05) is 44.0 Å². The van der Waals surface area contributed by atoms with Gasteiger partial charge in [0.15, 0.2) is 0 Å². The minimum atomic E-state index is -0.108. The molecule has 0 radical (unpaired) electrons. The summed E-state index contributed by atoms with van der Waals surface area (Å²) in [4.78, 5) is 33.7. The Balaban J connectivity index is 1.39. The van der Waals surface area contributed by atoms with Crippen molar-refractivity contribution < 1.29 is 9.59 Å². The van der Waals surface area contributed by atoms with Gasteiger partial charge in [-0.2, -0.15) is 0 Å². The molecule has 2 atom stereocenters. The first-order valence-electron chi connectivity index (χ1n) is 10.3. The molecule has 1 aromatic carbocycles. The normalized spacial score (nSPS) is 22.0. The highest BCUT2D eigenvalue weighted by Crippen LogP contribution is 2.27. The summed E-state index contributed by atoms with van der Waals surface area (Å²) in [6.45, 7) is 9.06. The van der Waals surface area contributed by atoms with Crippen LogP contribution in [0.2, 0.25) is 0 Å². The van der Waals surface area contributed by atoms with E-state index in [1.807, 2.05) is 49.2 Å². The molecule has 1 unspecified atom stereocenters. The smallest absolute Gasteiger partial charge is 0.253 e. The maximum Gasteiger partial charge on any atom is 0.253 e. The number of hydrogen-bond acceptors (Lipinski definition) is 4. The highest BCUT2D eigenvalue weighted by molar-refractivity contribution is 5.94. The standard InChI is InChI=1S/C23H28N4O2/c1-15-12-16(2)21(24-14-15)26-8-10-27(11-9-26)23(29)19-6-4-18(5-7-19)20-13-17(3)25-22(20)28/h4-7,12,14,17,20H,8-11,13H2,1-3H3,(H,25,28)/t17?,20-/m0/s1. The third-order valence-electron chi connectivity index (χ3n) is 5.91. The van der Waals surface area contributed by atoms with Crippen LogP contribution in [0.5, 0.6) is 0 Å². The molecular formula is C23H28N4O2. The number of hydrogen-bond donors (Lipinski definition) is 1. The molecule has 2 fully saturated rings. The van der Waals surface area contributed by atoms with E-state index in [4.69, 9.17) is 0 Å². The number of aromatic nitrogens is 1. The number of rotatable bonds is 3. The fraction of sp³-hybridized carbons (Fsp3) is 0.435. The Morgan fingerprint density at radius 1 is 1.10 bits per heavy atom. The van der Waals surface area contributed by atoms with Crippen molar-refractivity contribution >= 4 is 17.6 Å². The highest BCUT2D eigenvalue weighted by Gasteiger charge is 2.31. The van der Waals surface area contributed by atoms with Crippen LogP contribution in [0.15, 0.2) is 36.5 Å². The van der Waals surface area contributed by atoms with Crippen LogP contribution < -0.4 is 10.2 Å². The fourth-order valence-electron chi connectivity index (χ4n) is 4.35. The van der Waals surface area contributed by atoms with Crippen molar-refractivity contribution in [2.45, 2.75) is 39.2 Å². The van der Waals surface area contributed by atoms with Gasteiger partial charge in [-0.1, -0.05) is 18.2 Å². The lowest BCUT2D eigenvalue weighted by molar-refractivity contribution is -0.120. The van der Waals surface area contributed by atoms with E-state index in [0.717, 1.165) is 36.5 Å². The van der Waals surface area contributed by atoms with Crippen LogP contribution in [-0.4, -0.2) is 53.9 Å². The number of benzene rings is 1. The third-order valence-corrected chi connectivity index (χ3v) is 5.91. The number of piperazine rings is 1. The van der Waals surface area contributed by atoms with Gasteiger partial charge in [0.2, 0.25) is 5.91 Å². The van der Waals surface area contributed by atoms with E-state index in [9.17, 15) is 9.59 Å². The minimum absolute atomic E-state index is 0.0500. The lowest BCUT2D eigenvalue weighted by Gasteiger charge is -2.36. The van der Waals surface area contributed by atoms with E-state index >= 15 is 0 Å². The van der Waals surface area contributed by atoms with Crippen LogP contribution in [-0.2, 0) is 4.79 Å². The monoisotopic (exact) mass is 392 g/mol. The van der Waals surface area contributed by atoms with E-state index < -0.39 is 0 Å². The van der Waals surface area contributed by atoms with Crippen molar-refractivity contribution in [3.05, 3.63) is 58.8 Å². The summed E-state index contributed by atoms with van der Waals surface area (Å²) in [6, 6.07) is 9.90. The molecule has 2 amide bonds. The van der Waals surface area contributed by atoms with Gasteiger partial charge < -0.3 is 15.1 Å². The van der Waals surface area contributed by atoms with Gasteiger partial charge in [-0.25, -0.2) is 4.98 Å². The zero-order valence-corrected chi connectivity index (χ0v) is 17.3. The second-order valence-electron chi connectivity index (χ2n) is 8.25.